The van der Waals surface area contributed by atoms with Crippen molar-refractivity contribution in [2.24, 2.45) is 0 Å². The third-order valence-corrected chi connectivity index (χ3v) is 5.76. The number of rotatable bonds is 3. The molecule has 1 N–H and O–H groups in total. The Labute approximate surface area is 167 Å². The van der Waals surface area contributed by atoms with Crippen LogP contribution in [0.3, 0.4) is 0 Å². The largest absolute Gasteiger partial charge is 1.00 e. The van der Waals surface area contributed by atoms with Crippen LogP contribution in [0.1, 0.15) is 6.42 Å². The summed E-state index contributed by atoms with van der Waals surface area (Å²) < 4.78 is 0. The van der Waals surface area contributed by atoms with Gasteiger partial charge >= 0.3 is 59.5 Å². The predicted octanol–water partition coefficient (Wildman–Crippen LogP) is -1.49. The summed E-state index contributed by atoms with van der Waals surface area (Å²) in [6.45, 7) is 2.69. The number of aliphatic hydroxyl groups excluding tert-OH is 1. The van der Waals surface area contributed by atoms with E-state index in [1.807, 2.05) is 30.3 Å². The van der Waals surface area contributed by atoms with Crippen LogP contribution in [-0.4, -0.2) is 17.1 Å². The van der Waals surface area contributed by atoms with E-state index >= 15 is 0 Å². The van der Waals surface area contributed by atoms with Crippen molar-refractivity contribution in [3.63, 3.8) is 0 Å². The molecule has 3 aromatic carbocycles. The van der Waals surface area contributed by atoms with Crippen molar-refractivity contribution in [2.75, 3.05) is 6.61 Å². The van der Waals surface area contributed by atoms with Gasteiger partial charge in [-0.1, -0.05) is 6.07 Å². The maximum absolute atomic E-state index is 8.34. The maximum atomic E-state index is 8.34. The van der Waals surface area contributed by atoms with Gasteiger partial charge in [-0.2, -0.15) is 35.7 Å². The van der Waals surface area contributed by atoms with Crippen molar-refractivity contribution in [3.8, 4) is 0 Å². The van der Waals surface area contributed by atoms with E-state index in [0.717, 1.165) is 6.42 Å². The number of fused-ring (bicyclic) bond motifs is 1. The van der Waals surface area contributed by atoms with E-state index in [1.165, 1.54) is 16.8 Å². The average Bonchev–Trinajstić information content (AvgIpc) is 3.19. The van der Waals surface area contributed by atoms with Crippen LogP contribution in [0.2, 0.25) is 12.6 Å². The Morgan fingerprint density at radius 3 is 2.09 bits per heavy atom. The van der Waals surface area contributed by atoms with Gasteiger partial charge in [0.1, 0.15) is 0 Å². The summed E-state index contributed by atoms with van der Waals surface area (Å²) in [4.78, 5) is 0. The first-order valence-corrected chi connectivity index (χ1v) is 13.1. The first kappa shape index (κ1) is 25.1. The summed E-state index contributed by atoms with van der Waals surface area (Å²) in [5.74, 6) is 0. The fourth-order valence-electron chi connectivity index (χ4n) is 1.73. The van der Waals surface area contributed by atoms with Crippen molar-refractivity contribution in [2.45, 2.75) is 19.0 Å². The molecule has 0 aliphatic heterocycles. The van der Waals surface area contributed by atoms with Gasteiger partial charge in [-0.3, -0.25) is 0 Å². The standard InChI is InChI=1S/C9H7.C5H5.C4H10OSi.2ClH.Zr/c1-2-5-9-7-3-6-8(9)4-1;1-2-4-5-3-1;1-6-4-2-3-5;;;/h1-7H;1-5H;5H,2-4H2,1H3;2*1H;/q2*-1;;;;+2/p-2. The molecule has 0 aliphatic rings. The molecule has 0 aliphatic carbocycles. The van der Waals surface area contributed by atoms with Crippen LogP contribution in [-0.2, 0) is 23.3 Å². The van der Waals surface area contributed by atoms with Crippen molar-refractivity contribution in [1.82, 2.24) is 0 Å². The number of halogens is 2. The van der Waals surface area contributed by atoms with Gasteiger partial charge in [0.25, 0.3) is 0 Å². The van der Waals surface area contributed by atoms with Crippen LogP contribution in [0.25, 0.3) is 10.8 Å². The summed E-state index contributed by atoms with van der Waals surface area (Å²) in [6.07, 6.45) is 1.02. The van der Waals surface area contributed by atoms with Gasteiger partial charge in [-0.25, -0.2) is 12.1 Å². The van der Waals surface area contributed by atoms with Crippen LogP contribution >= 0.6 is 0 Å². The molecule has 23 heavy (non-hydrogen) atoms. The molecule has 124 valence electrons. The fraction of sp³-hybridized carbons (Fsp3) is 0.222. The smallest absolute Gasteiger partial charge is 0.0809 e. The molecule has 0 aromatic heterocycles. The molecule has 3 rings (SSSR count). The monoisotopic (exact) mass is 442 g/mol. The molecule has 0 saturated carbocycles. The third-order valence-electron chi connectivity index (χ3n) is 2.81. The molecule has 5 heteroatoms. The molecule has 1 nitrogen and oxygen atoms in total. The Kier molecular flexibility index (Phi) is 18.2. The van der Waals surface area contributed by atoms with Gasteiger partial charge < -0.3 is 24.8 Å². The quantitative estimate of drug-likeness (QED) is 0.386. The Bertz CT molecular complexity index is 561. The van der Waals surface area contributed by atoms with Gasteiger partial charge in [-0.05, 0) is 0 Å². The van der Waals surface area contributed by atoms with E-state index in [0.29, 0.717) is 6.61 Å². The van der Waals surface area contributed by atoms with Crippen LogP contribution in [0, 0.1) is 0 Å². The average molecular weight is 445 g/mol. The number of hydrogen-bond acceptors (Lipinski definition) is 1. The maximum Gasteiger partial charge on any atom is -0.0809 e. The normalized spacial score (nSPS) is 8.52. The second kappa shape index (κ2) is 16.7. The number of hydrogen-bond donors (Lipinski definition) is 1. The zero-order valence-electron chi connectivity index (χ0n) is 13.3. The van der Waals surface area contributed by atoms with E-state index in [-0.39, 0.29) is 30.2 Å². The van der Waals surface area contributed by atoms with E-state index in [9.17, 15) is 0 Å². The van der Waals surface area contributed by atoms with Crippen molar-refractivity contribution in [1.29, 1.82) is 0 Å². The summed E-state index contributed by atoms with van der Waals surface area (Å²) >= 11 is 1.69. The zero-order valence-corrected chi connectivity index (χ0v) is 18.2. The van der Waals surface area contributed by atoms with Gasteiger partial charge in [0.15, 0.2) is 0 Å². The topological polar surface area (TPSA) is 20.2 Å². The number of aliphatic hydroxyl groups is 1. The van der Waals surface area contributed by atoms with Crippen LogP contribution in [0.5, 0.6) is 0 Å². The van der Waals surface area contributed by atoms with Crippen LogP contribution in [0.4, 0.5) is 0 Å². The molecule has 0 saturated heterocycles. The molecule has 0 unspecified atom stereocenters. The molecule has 0 radical (unpaired) electrons. The predicted molar refractivity (Wildman–Crippen MR) is 89.7 cm³/mol. The molecule has 0 fully saturated rings. The van der Waals surface area contributed by atoms with Crippen molar-refractivity contribution < 1.29 is 53.3 Å². The second-order valence-corrected chi connectivity index (χ2v) is 13.1. The second-order valence-electron chi connectivity index (χ2n) is 4.72. The van der Waals surface area contributed by atoms with E-state index < -0.39 is 0 Å². The molecule has 0 heterocycles. The van der Waals surface area contributed by atoms with Gasteiger partial charge in [0.05, 0.1) is 0 Å². The van der Waals surface area contributed by atoms with Crippen molar-refractivity contribution in [3.05, 3.63) is 72.8 Å². The molecule has 0 amide bonds. The molecular weight excluding hydrogens is 422 g/mol. The van der Waals surface area contributed by atoms with E-state index in [2.05, 4.69) is 49.0 Å². The molecule has 3 aromatic rings. The minimum Gasteiger partial charge on any atom is -1.00 e. The number of benzene rings is 1. The minimum absolute atomic E-state index is 0. The van der Waals surface area contributed by atoms with E-state index in [4.69, 9.17) is 5.11 Å². The molecular formula is C18H22Cl2OSiZr-2. The minimum atomic E-state index is 0. The SMILES string of the molecule is C[Si](=[Zr+2])CCCO.[Cl-].[Cl-].c1cc[cH-]c1.c1ccc2[cH-]ccc2c1. The fourth-order valence-corrected chi connectivity index (χ4v) is 3.73. The van der Waals surface area contributed by atoms with Gasteiger partial charge in [0, 0.05) is 0 Å². The third kappa shape index (κ3) is 12.9. The van der Waals surface area contributed by atoms with Gasteiger partial charge in [-0.15, -0.1) is 29.7 Å². The molecule has 0 bridgehead atoms. The summed E-state index contributed by atoms with van der Waals surface area (Å²) in [6, 6.07) is 26.0. The first-order valence-electron chi connectivity index (χ1n) is 7.16. The zero-order chi connectivity index (χ0) is 15.3. The van der Waals surface area contributed by atoms with E-state index in [1.54, 1.807) is 23.3 Å². The Morgan fingerprint density at radius 1 is 1.00 bits per heavy atom. The van der Waals surface area contributed by atoms with Gasteiger partial charge in [0.2, 0.25) is 0 Å². The summed E-state index contributed by atoms with van der Waals surface area (Å²) in [5.41, 5.74) is 0.0327. The Balaban J connectivity index is 0. The molecule has 0 atom stereocenters. The van der Waals surface area contributed by atoms with Crippen molar-refractivity contribution >= 4 is 16.2 Å². The molecule has 0 spiro atoms. The first-order chi connectivity index (χ1) is 10.2. The summed E-state index contributed by atoms with van der Waals surface area (Å²) in [5, 5.41) is 11.0. The Morgan fingerprint density at radius 2 is 1.65 bits per heavy atom. The van der Waals surface area contributed by atoms with Crippen LogP contribution in [0.15, 0.2) is 72.8 Å². The van der Waals surface area contributed by atoms with Crippen LogP contribution < -0.4 is 24.8 Å². The Hall–Kier alpha value is -0.180. The summed E-state index contributed by atoms with van der Waals surface area (Å²) in [7, 11) is 0.